The van der Waals surface area contributed by atoms with Crippen molar-refractivity contribution in [3.05, 3.63) is 56.9 Å². The van der Waals surface area contributed by atoms with Gasteiger partial charge in [-0.25, -0.2) is 10.2 Å². The molecule has 1 fully saturated rings. The van der Waals surface area contributed by atoms with Gasteiger partial charge in [-0.3, -0.25) is 4.79 Å². The van der Waals surface area contributed by atoms with Gasteiger partial charge in [0, 0.05) is 11.3 Å². The molecule has 3 rings (SSSR count). The van der Waals surface area contributed by atoms with Gasteiger partial charge in [-0.05, 0) is 49.5 Å². The number of carbonyl (C=O) groups excluding carboxylic acids is 2. The second-order valence-electron chi connectivity index (χ2n) is 6.02. The number of halogens is 2. The van der Waals surface area contributed by atoms with Crippen LogP contribution in [0.15, 0.2) is 41.3 Å². The standard InChI is InChI=1S/C20H17Cl2N3O4S2/c1-3-29-17-11(5-4-6-15(17)28-2)9-16-18(26)25(20(30)31-16)24-19(27)23-12-7-8-13(21)14(22)10-12/h4-10H,3H2,1-2H3,(H2,23,24,27)/b16-9+. The van der Waals surface area contributed by atoms with Crippen molar-refractivity contribution in [1.82, 2.24) is 10.4 Å². The van der Waals surface area contributed by atoms with Gasteiger partial charge in [0.15, 0.2) is 15.8 Å². The molecule has 0 aliphatic carbocycles. The highest BCUT2D eigenvalue weighted by Gasteiger charge is 2.34. The van der Waals surface area contributed by atoms with E-state index in [4.69, 9.17) is 44.9 Å². The molecule has 0 aromatic heterocycles. The number of thioether (sulfide) groups is 1. The Balaban J connectivity index is 1.76. The van der Waals surface area contributed by atoms with E-state index in [1.54, 1.807) is 36.4 Å². The van der Waals surface area contributed by atoms with E-state index in [9.17, 15) is 9.59 Å². The van der Waals surface area contributed by atoms with Crippen LogP contribution in [0.3, 0.4) is 0 Å². The van der Waals surface area contributed by atoms with Crippen LogP contribution in [0.1, 0.15) is 12.5 Å². The number of rotatable bonds is 6. The lowest BCUT2D eigenvalue weighted by Crippen LogP contribution is -2.46. The molecular weight excluding hydrogens is 481 g/mol. The summed E-state index contributed by atoms with van der Waals surface area (Å²) in [6, 6.07) is 9.31. The fraction of sp³-hybridized carbons (Fsp3) is 0.150. The number of hydrazine groups is 1. The number of carbonyl (C=O) groups is 2. The summed E-state index contributed by atoms with van der Waals surface area (Å²) in [5.74, 6) is 0.595. The minimum absolute atomic E-state index is 0.182. The van der Waals surface area contributed by atoms with Gasteiger partial charge in [-0.15, -0.1) is 0 Å². The molecule has 0 spiro atoms. The normalized spacial score (nSPS) is 14.7. The molecule has 0 bridgehead atoms. The maximum absolute atomic E-state index is 12.8. The smallest absolute Gasteiger partial charge is 0.338 e. The van der Waals surface area contributed by atoms with Crippen LogP contribution in [-0.2, 0) is 4.79 Å². The van der Waals surface area contributed by atoms with Gasteiger partial charge in [-0.2, -0.15) is 5.01 Å². The van der Waals surface area contributed by atoms with Crippen LogP contribution in [0.5, 0.6) is 11.5 Å². The summed E-state index contributed by atoms with van der Waals surface area (Å²) in [4.78, 5) is 25.5. The molecule has 0 saturated carbocycles. The topological polar surface area (TPSA) is 79.9 Å². The van der Waals surface area contributed by atoms with Gasteiger partial charge >= 0.3 is 6.03 Å². The number of nitrogens with one attached hydrogen (secondary N) is 2. The van der Waals surface area contributed by atoms with Crippen molar-refractivity contribution in [2.75, 3.05) is 19.0 Å². The molecule has 2 aromatic rings. The zero-order chi connectivity index (χ0) is 22.5. The average molecular weight is 498 g/mol. The quantitative estimate of drug-likeness (QED) is 0.414. The summed E-state index contributed by atoms with van der Waals surface area (Å²) in [5.41, 5.74) is 3.50. The molecule has 1 saturated heterocycles. The Morgan fingerprint density at radius 2 is 2.03 bits per heavy atom. The number of urea groups is 1. The number of hydrogen-bond acceptors (Lipinski definition) is 6. The molecule has 0 radical (unpaired) electrons. The van der Waals surface area contributed by atoms with Crippen molar-refractivity contribution < 1.29 is 19.1 Å². The lowest BCUT2D eigenvalue weighted by atomic mass is 10.1. The Kier molecular flexibility index (Phi) is 7.66. The van der Waals surface area contributed by atoms with E-state index in [0.717, 1.165) is 16.8 Å². The van der Waals surface area contributed by atoms with E-state index in [2.05, 4.69) is 10.7 Å². The summed E-state index contributed by atoms with van der Waals surface area (Å²) in [6.07, 6.45) is 1.64. The van der Waals surface area contributed by atoms with Gasteiger partial charge in [0.05, 0.1) is 28.7 Å². The number of methoxy groups -OCH3 is 1. The highest BCUT2D eigenvalue weighted by molar-refractivity contribution is 8.26. The third-order valence-electron chi connectivity index (χ3n) is 3.99. The second kappa shape index (κ2) is 10.2. The van der Waals surface area contributed by atoms with Crippen LogP contribution in [0.2, 0.25) is 10.0 Å². The summed E-state index contributed by atoms with van der Waals surface area (Å²) in [5, 5.41) is 4.22. The van der Waals surface area contributed by atoms with E-state index in [1.807, 2.05) is 6.92 Å². The second-order valence-corrected chi connectivity index (χ2v) is 8.51. The van der Waals surface area contributed by atoms with Crippen LogP contribution < -0.4 is 20.2 Å². The molecule has 162 valence electrons. The molecule has 1 aliphatic heterocycles. The number of benzene rings is 2. The SMILES string of the molecule is CCOc1c(/C=C2/SC(=S)N(NC(=O)Nc3ccc(Cl)c(Cl)c3)C2=O)cccc1OC. The number of hydrogen-bond donors (Lipinski definition) is 2. The van der Waals surface area contributed by atoms with E-state index >= 15 is 0 Å². The van der Waals surface area contributed by atoms with Gasteiger partial charge in [0.1, 0.15) is 0 Å². The van der Waals surface area contributed by atoms with E-state index in [1.165, 1.54) is 13.2 Å². The first-order chi connectivity index (χ1) is 14.8. The Morgan fingerprint density at radius 1 is 1.26 bits per heavy atom. The lowest BCUT2D eigenvalue weighted by molar-refractivity contribution is -0.123. The Morgan fingerprint density at radius 3 is 2.71 bits per heavy atom. The zero-order valence-corrected chi connectivity index (χ0v) is 19.5. The molecule has 1 aliphatic rings. The van der Waals surface area contributed by atoms with Crippen LogP contribution in [-0.4, -0.2) is 35.0 Å². The summed E-state index contributed by atoms with van der Waals surface area (Å²) in [7, 11) is 1.54. The van der Waals surface area contributed by atoms with Crippen molar-refractivity contribution in [3.8, 4) is 11.5 Å². The number of ether oxygens (including phenoxy) is 2. The average Bonchev–Trinajstić information content (AvgIpc) is 2.99. The maximum Gasteiger partial charge on any atom is 0.338 e. The molecule has 2 N–H and O–H groups in total. The molecule has 1 heterocycles. The third-order valence-corrected chi connectivity index (χ3v) is 6.03. The summed E-state index contributed by atoms with van der Waals surface area (Å²) in [6.45, 7) is 2.28. The van der Waals surface area contributed by atoms with Crippen LogP contribution in [0.25, 0.3) is 6.08 Å². The number of para-hydroxylation sites is 1. The highest BCUT2D eigenvalue weighted by Crippen LogP contribution is 2.37. The van der Waals surface area contributed by atoms with Gasteiger partial charge in [0.2, 0.25) is 0 Å². The maximum atomic E-state index is 12.8. The van der Waals surface area contributed by atoms with Crippen molar-refractivity contribution in [3.63, 3.8) is 0 Å². The largest absolute Gasteiger partial charge is 0.493 e. The zero-order valence-electron chi connectivity index (χ0n) is 16.4. The molecule has 11 heteroatoms. The highest BCUT2D eigenvalue weighted by atomic mass is 35.5. The predicted octanol–water partition coefficient (Wildman–Crippen LogP) is 5.34. The Labute approximate surface area is 198 Å². The fourth-order valence-electron chi connectivity index (χ4n) is 2.65. The number of amides is 3. The number of anilines is 1. The minimum atomic E-state index is -0.660. The molecule has 3 amide bonds. The van der Waals surface area contributed by atoms with Gasteiger partial charge in [0.25, 0.3) is 5.91 Å². The van der Waals surface area contributed by atoms with Crippen molar-refractivity contribution in [2.45, 2.75) is 6.92 Å². The van der Waals surface area contributed by atoms with E-state index in [0.29, 0.717) is 39.3 Å². The van der Waals surface area contributed by atoms with Crippen LogP contribution in [0.4, 0.5) is 10.5 Å². The minimum Gasteiger partial charge on any atom is -0.493 e. The first kappa shape index (κ1) is 23.2. The predicted molar refractivity (Wildman–Crippen MR) is 128 cm³/mol. The van der Waals surface area contributed by atoms with Gasteiger partial charge in [-0.1, -0.05) is 47.1 Å². The van der Waals surface area contributed by atoms with E-state index < -0.39 is 11.9 Å². The van der Waals surface area contributed by atoms with Crippen LogP contribution >= 0.6 is 47.2 Å². The number of nitrogens with zero attached hydrogens (tertiary/aromatic N) is 1. The molecule has 2 aromatic carbocycles. The molecule has 0 unspecified atom stereocenters. The fourth-order valence-corrected chi connectivity index (χ4v) is 4.11. The Bertz CT molecular complexity index is 1080. The van der Waals surface area contributed by atoms with Crippen molar-refractivity contribution in [1.29, 1.82) is 0 Å². The molecule has 7 nitrogen and oxygen atoms in total. The van der Waals surface area contributed by atoms with E-state index in [-0.39, 0.29) is 9.34 Å². The summed E-state index contributed by atoms with van der Waals surface area (Å²) >= 11 is 18.1. The third kappa shape index (κ3) is 5.43. The first-order valence-corrected chi connectivity index (χ1v) is 10.9. The molecule has 31 heavy (non-hydrogen) atoms. The lowest BCUT2D eigenvalue weighted by Gasteiger charge is -2.16. The summed E-state index contributed by atoms with van der Waals surface area (Å²) < 4.78 is 11.2. The first-order valence-electron chi connectivity index (χ1n) is 8.94. The monoisotopic (exact) mass is 497 g/mol. The number of thiocarbonyl (C=S) groups is 1. The van der Waals surface area contributed by atoms with Gasteiger partial charge < -0.3 is 14.8 Å². The molecule has 0 atom stereocenters. The Hall–Kier alpha value is -2.46. The van der Waals surface area contributed by atoms with Crippen molar-refractivity contribution >= 4 is 75.2 Å². The molecular formula is C20H17Cl2N3O4S2. The van der Waals surface area contributed by atoms with Crippen LogP contribution in [0, 0.1) is 0 Å². The van der Waals surface area contributed by atoms with Crippen molar-refractivity contribution in [2.24, 2.45) is 0 Å².